The first kappa shape index (κ1) is 21.7. The van der Waals surface area contributed by atoms with E-state index in [1.54, 1.807) is 11.1 Å². The van der Waals surface area contributed by atoms with Gasteiger partial charge in [0.15, 0.2) is 0 Å². The molecule has 2 amide bonds. The largest absolute Gasteiger partial charge is 0.352 e. The van der Waals surface area contributed by atoms with Crippen molar-refractivity contribution in [1.82, 2.24) is 20.2 Å². The molecule has 0 radical (unpaired) electrons. The molecule has 2 aromatic carbocycles. The lowest BCUT2D eigenvalue weighted by Gasteiger charge is -2.35. The van der Waals surface area contributed by atoms with Gasteiger partial charge in [-0.1, -0.05) is 45.0 Å². The molecule has 0 spiro atoms. The summed E-state index contributed by atoms with van der Waals surface area (Å²) in [5, 5.41) is 2.75. The van der Waals surface area contributed by atoms with Crippen molar-refractivity contribution in [1.29, 1.82) is 0 Å². The number of carbonyl (C=O) groups is 2. The number of para-hydroxylation sites is 2. The van der Waals surface area contributed by atoms with Gasteiger partial charge in [-0.25, -0.2) is 4.98 Å². The third kappa shape index (κ3) is 4.88. The fourth-order valence-corrected chi connectivity index (χ4v) is 3.78. The van der Waals surface area contributed by atoms with Gasteiger partial charge in [0.2, 0.25) is 5.91 Å². The molecule has 0 atom stereocenters. The Balaban J connectivity index is 1.28. The van der Waals surface area contributed by atoms with E-state index in [-0.39, 0.29) is 23.8 Å². The van der Waals surface area contributed by atoms with E-state index in [2.05, 4.69) is 41.0 Å². The molecule has 166 valence electrons. The van der Waals surface area contributed by atoms with Crippen LogP contribution in [0.3, 0.4) is 0 Å². The van der Waals surface area contributed by atoms with Crippen LogP contribution >= 0.6 is 0 Å². The number of rotatable bonds is 4. The van der Waals surface area contributed by atoms with Crippen molar-refractivity contribution in [2.75, 3.05) is 37.6 Å². The zero-order valence-electron chi connectivity index (χ0n) is 18.8. The number of anilines is 1. The quantitative estimate of drug-likeness (QED) is 0.687. The van der Waals surface area contributed by atoms with Crippen LogP contribution in [-0.2, 0) is 10.2 Å². The number of hydrogen-bond acceptors (Lipinski definition) is 5. The molecule has 3 aromatic rings. The summed E-state index contributed by atoms with van der Waals surface area (Å²) in [4.78, 5) is 38.1. The summed E-state index contributed by atoms with van der Waals surface area (Å²) in [6, 6.07) is 15.3. The topological polar surface area (TPSA) is 78.4 Å². The lowest BCUT2D eigenvalue weighted by molar-refractivity contribution is -0.130. The number of aromatic nitrogens is 2. The summed E-state index contributed by atoms with van der Waals surface area (Å²) in [6.07, 6.45) is 1.78. The van der Waals surface area contributed by atoms with E-state index in [1.807, 2.05) is 48.5 Å². The van der Waals surface area contributed by atoms with Crippen molar-refractivity contribution in [2.24, 2.45) is 0 Å². The minimum absolute atomic E-state index is 0.00433. The first-order chi connectivity index (χ1) is 15.3. The first-order valence-electron chi connectivity index (χ1n) is 10.9. The van der Waals surface area contributed by atoms with Gasteiger partial charge in [-0.3, -0.25) is 14.6 Å². The van der Waals surface area contributed by atoms with E-state index in [4.69, 9.17) is 0 Å². The van der Waals surface area contributed by atoms with Crippen LogP contribution in [0.15, 0.2) is 54.7 Å². The summed E-state index contributed by atoms with van der Waals surface area (Å²) in [5.74, 6) is 0.514. The zero-order valence-corrected chi connectivity index (χ0v) is 18.8. The normalized spacial score (nSPS) is 14.5. The Hall–Kier alpha value is -3.48. The van der Waals surface area contributed by atoms with Gasteiger partial charge in [-0.2, -0.15) is 0 Å². The standard InChI is InChI=1S/C25H29N5O2/c1-25(2,3)19-10-8-18(9-11-19)24(32)27-17-23(31)30-14-12-29(13-15-30)22-16-26-20-6-4-5-7-21(20)28-22/h4-11,16H,12-15,17H2,1-3H3,(H,27,32). The van der Waals surface area contributed by atoms with E-state index in [9.17, 15) is 9.59 Å². The van der Waals surface area contributed by atoms with Crippen molar-refractivity contribution in [2.45, 2.75) is 26.2 Å². The first-order valence-corrected chi connectivity index (χ1v) is 10.9. The molecular formula is C25H29N5O2. The van der Waals surface area contributed by atoms with Crippen LogP contribution in [0.2, 0.25) is 0 Å². The second kappa shape index (κ2) is 8.94. The molecule has 4 rings (SSSR count). The molecule has 7 nitrogen and oxygen atoms in total. The lowest BCUT2D eigenvalue weighted by Crippen LogP contribution is -2.51. The Morgan fingerprint density at radius 3 is 2.25 bits per heavy atom. The Morgan fingerprint density at radius 2 is 1.59 bits per heavy atom. The highest BCUT2D eigenvalue weighted by Gasteiger charge is 2.23. The van der Waals surface area contributed by atoms with Crippen LogP contribution in [0.25, 0.3) is 11.0 Å². The molecular weight excluding hydrogens is 402 g/mol. The molecule has 32 heavy (non-hydrogen) atoms. The average molecular weight is 432 g/mol. The number of carbonyl (C=O) groups excluding carboxylic acids is 2. The third-order valence-electron chi connectivity index (χ3n) is 5.81. The van der Waals surface area contributed by atoms with Gasteiger partial charge in [0, 0.05) is 31.7 Å². The Kier molecular flexibility index (Phi) is 6.08. The minimum atomic E-state index is -0.233. The smallest absolute Gasteiger partial charge is 0.251 e. The number of benzene rings is 2. The molecule has 1 aliphatic heterocycles. The summed E-state index contributed by atoms with van der Waals surface area (Å²) < 4.78 is 0. The predicted molar refractivity (Wildman–Crippen MR) is 126 cm³/mol. The highest BCUT2D eigenvalue weighted by Crippen LogP contribution is 2.22. The van der Waals surface area contributed by atoms with Crippen LogP contribution in [0, 0.1) is 0 Å². The van der Waals surface area contributed by atoms with E-state index < -0.39 is 0 Å². The highest BCUT2D eigenvalue weighted by atomic mass is 16.2. The summed E-state index contributed by atoms with van der Waals surface area (Å²) >= 11 is 0. The second-order valence-electron chi connectivity index (χ2n) is 9.09. The van der Waals surface area contributed by atoms with E-state index in [1.165, 1.54) is 5.56 Å². The van der Waals surface area contributed by atoms with Crippen LogP contribution in [0.1, 0.15) is 36.7 Å². The van der Waals surface area contributed by atoms with Crippen molar-refractivity contribution in [3.05, 3.63) is 65.9 Å². The monoisotopic (exact) mass is 431 g/mol. The Bertz CT molecular complexity index is 1110. The van der Waals surface area contributed by atoms with Gasteiger partial charge in [-0.15, -0.1) is 0 Å². The number of fused-ring (bicyclic) bond motifs is 1. The molecule has 1 N–H and O–H groups in total. The van der Waals surface area contributed by atoms with Crippen LogP contribution in [-0.4, -0.2) is 59.4 Å². The zero-order chi connectivity index (χ0) is 22.7. The molecule has 2 heterocycles. The number of hydrogen-bond donors (Lipinski definition) is 1. The Labute approximate surface area is 188 Å². The number of piperazine rings is 1. The van der Waals surface area contributed by atoms with Crippen molar-refractivity contribution in [3.63, 3.8) is 0 Å². The van der Waals surface area contributed by atoms with Crippen molar-refractivity contribution < 1.29 is 9.59 Å². The summed E-state index contributed by atoms with van der Waals surface area (Å²) in [5.41, 5.74) is 3.49. The fraction of sp³-hybridized carbons (Fsp3) is 0.360. The summed E-state index contributed by atoms with van der Waals surface area (Å²) in [6.45, 7) is 8.93. The number of nitrogens with zero attached hydrogens (tertiary/aromatic N) is 4. The molecule has 1 aromatic heterocycles. The molecule has 7 heteroatoms. The van der Waals surface area contributed by atoms with Crippen molar-refractivity contribution >= 4 is 28.7 Å². The van der Waals surface area contributed by atoms with Gasteiger partial charge in [0.25, 0.3) is 5.91 Å². The summed E-state index contributed by atoms with van der Waals surface area (Å²) in [7, 11) is 0. The molecule has 0 saturated carbocycles. The third-order valence-corrected chi connectivity index (χ3v) is 5.81. The molecule has 1 aliphatic rings. The number of amides is 2. The maximum atomic E-state index is 12.6. The van der Waals surface area contributed by atoms with Crippen LogP contribution in [0.4, 0.5) is 5.82 Å². The highest BCUT2D eigenvalue weighted by molar-refractivity contribution is 5.96. The van der Waals surface area contributed by atoms with Gasteiger partial charge in [0.1, 0.15) is 5.82 Å². The lowest BCUT2D eigenvalue weighted by atomic mass is 9.87. The number of nitrogens with one attached hydrogen (secondary N) is 1. The van der Waals surface area contributed by atoms with Crippen LogP contribution < -0.4 is 10.2 Å². The minimum Gasteiger partial charge on any atom is -0.352 e. The maximum Gasteiger partial charge on any atom is 0.251 e. The molecule has 1 saturated heterocycles. The van der Waals surface area contributed by atoms with Gasteiger partial charge in [0.05, 0.1) is 23.8 Å². The SMILES string of the molecule is CC(C)(C)c1ccc(C(=O)NCC(=O)N2CCN(c3cnc4ccccc4n3)CC2)cc1. The average Bonchev–Trinajstić information content (AvgIpc) is 2.81. The predicted octanol–water partition coefficient (Wildman–Crippen LogP) is 3.01. The Morgan fingerprint density at radius 1 is 0.938 bits per heavy atom. The fourth-order valence-electron chi connectivity index (χ4n) is 3.78. The second-order valence-corrected chi connectivity index (χ2v) is 9.09. The molecule has 0 unspecified atom stereocenters. The molecule has 0 bridgehead atoms. The van der Waals surface area contributed by atoms with Crippen molar-refractivity contribution in [3.8, 4) is 0 Å². The van der Waals surface area contributed by atoms with E-state index in [0.29, 0.717) is 31.7 Å². The molecule has 0 aliphatic carbocycles. The van der Waals surface area contributed by atoms with E-state index in [0.717, 1.165) is 16.9 Å². The maximum absolute atomic E-state index is 12.6. The molecule has 1 fully saturated rings. The van der Waals surface area contributed by atoms with Gasteiger partial charge < -0.3 is 15.1 Å². The van der Waals surface area contributed by atoms with Gasteiger partial charge in [-0.05, 0) is 35.2 Å². The van der Waals surface area contributed by atoms with Crippen LogP contribution in [0.5, 0.6) is 0 Å². The van der Waals surface area contributed by atoms with E-state index >= 15 is 0 Å². The van der Waals surface area contributed by atoms with Gasteiger partial charge >= 0.3 is 0 Å².